The molecule has 2 atom stereocenters. The molecule has 0 unspecified atom stereocenters. The number of ether oxygens (including phenoxy) is 2. The molecular weight excluding hydrogens is 325 g/mol. The number of fused-ring (bicyclic) bond motifs is 1. The van der Waals surface area contributed by atoms with Gasteiger partial charge in [0, 0.05) is 24.1 Å². The zero-order valence-corrected chi connectivity index (χ0v) is 13.1. The van der Waals surface area contributed by atoms with E-state index >= 15 is 0 Å². The summed E-state index contributed by atoms with van der Waals surface area (Å²) in [6, 6.07) is 1.82. The Bertz CT molecular complexity index is 607. The number of carbonyl (C=O) groups is 1. The van der Waals surface area contributed by atoms with Crippen molar-refractivity contribution in [2.75, 3.05) is 11.9 Å². The van der Waals surface area contributed by atoms with Crippen molar-refractivity contribution in [3.05, 3.63) is 23.5 Å². The van der Waals surface area contributed by atoms with Gasteiger partial charge in [0.05, 0.1) is 31.2 Å². The van der Waals surface area contributed by atoms with E-state index in [-0.39, 0.29) is 25.2 Å². The van der Waals surface area contributed by atoms with E-state index in [2.05, 4.69) is 10.3 Å². The van der Waals surface area contributed by atoms with Gasteiger partial charge in [0.15, 0.2) is 6.10 Å². The third-order valence-corrected chi connectivity index (χ3v) is 4.25. The molecule has 0 radical (unpaired) electrons. The molecule has 1 N–H and O–H groups in total. The predicted molar refractivity (Wildman–Crippen MR) is 79.4 cm³/mol. The number of nitrogens with zero attached hydrogens (tertiary/aromatic N) is 1. The van der Waals surface area contributed by atoms with Crippen molar-refractivity contribution in [1.82, 2.24) is 4.98 Å². The summed E-state index contributed by atoms with van der Waals surface area (Å²) in [5, 5.41) is 2.72. The highest BCUT2D eigenvalue weighted by atomic mass is 19.4. The van der Waals surface area contributed by atoms with Crippen LogP contribution in [0.1, 0.15) is 36.9 Å². The lowest BCUT2D eigenvalue weighted by Crippen LogP contribution is -2.29. The van der Waals surface area contributed by atoms with Gasteiger partial charge in [0.2, 0.25) is 5.91 Å². The first-order valence-electron chi connectivity index (χ1n) is 7.99. The van der Waals surface area contributed by atoms with Crippen LogP contribution < -0.4 is 5.32 Å². The number of anilines is 1. The second-order valence-electron chi connectivity index (χ2n) is 6.08. The second kappa shape index (κ2) is 7.06. The van der Waals surface area contributed by atoms with Crippen molar-refractivity contribution in [3.63, 3.8) is 0 Å². The van der Waals surface area contributed by atoms with E-state index in [0.717, 1.165) is 17.7 Å². The minimum atomic E-state index is -4.33. The molecule has 24 heavy (non-hydrogen) atoms. The third kappa shape index (κ3) is 4.24. The molecule has 8 heteroatoms. The van der Waals surface area contributed by atoms with Gasteiger partial charge in [-0.15, -0.1) is 0 Å². The van der Waals surface area contributed by atoms with Crippen LogP contribution in [0.15, 0.2) is 12.3 Å². The second-order valence-corrected chi connectivity index (χ2v) is 6.08. The summed E-state index contributed by atoms with van der Waals surface area (Å²) in [4.78, 5) is 16.3. The van der Waals surface area contributed by atoms with Crippen molar-refractivity contribution in [1.29, 1.82) is 0 Å². The Morgan fingerprint density at radius 3 is 2.96 bits per heavy atom. The van der Waals surface area contributed by atoms with Crippen molar-refractivity contribution >= 4 is 11.6 Å². The fourth-order valence-electron chi connectivity index (χ4n) is 2.98. The van der Waals surface area contributed by atoms with Gasteiger partial charge in [-0.2, -0.15) is 13.2 Å². The van der Waals surface area contributed by atoms with Gasteiger partial charge in [0.25, 0.3) is 0 Å². The number of alkyl halides is 3. The Hall–Kier alpha value is -1.67. The van der Waals surface area contributed by atoms with Crippen LogP contribution in [-0.2, 0) is 27.3 Å². The minimum absolute atomic E-state index is 0.0372. The van der Waals surface area contributed by atoms with Gasteiger partial charge in [0.1, 0.15) is 0 Å². The molecule has 5 nitrogen and oxygen atoms in total. The quantitative estimate of drug-likeness (QED) is 0.912. The maximum Gasteiger partial charge on any atom is 0.414 e. The minimum Gasteiger partial charge on any atom is -0.376 e. The Kier molecular flexibility index (Phi) is 5.05. The maximum atomic E-state index is 12.5. The summed E-state index contributed by atoms with van der Waals surface area (Å²) in [5.74, 6) is -0.257. The largest absolute Gasteiger partial charge is 0.414 e. The van der Waals surface area contributed by atoms with E-state index in [1.54, 1.807) is 6.20 Å². The van der Waals surface area contributed by atoms with Gasteiger partial charge in [-0.25, -0.2) is 0 Å². The fourth-order valence-corrected chi connectivity index (χ4v) is 2.98. The number of hydrogen-bond acceptors (Lipinski definition) is 4. The molecule has 2 aliphatic rings. The van der Waals surface area contributed by atoms with Crippen LogP contribution in [0.3, 0.4) is 0 Å². The summed E-state index contributed by atoms with van der Waals surface area (Å²) in [6.07, 6.45) is -3.51. The molecule has 1 amide bonds. The van der Waals surface area contributed by atoms with E-state index in [1.807, 2.05) is 6.07 Å². The molecule has 1 aromatic rings. The molecule has 0 saturated carbocycles. The zero-order valence-electron chi connectivity index (χ0n) is 13.1. The van der Waals surface area contributed by atoms with Crippen LogP contribution in [0.2, 0.25) is 0 Å². The van der Waals surface area contributed by atoms with E-state index in [1.165, 1.54) is 0 Å². The first kappa shape index (κ1) is 17.2. The van der Waals surface area contributed by atoms with Crippen LogP contribution in [0, 0.1) is 0 Å². The van der Waals surface area contributed by atoms with Gasteiger partial charge in [-0.1, -0.05) is 0 Å². The Morgan fingerprint density at radius 2 is 2.21 bits per heavy atom. The van der Waals surface area contributed by atoms with E-state index in [9.17, 15) is 18.0 Å². The number of halogens is 3. The highest BCUT2D eigenvalue weighted by Gasteiger charge is 2.45. The molecule has 2 aliphatic heterocycles. The molecular formula is C16H19F3N2O3. The van der Waals surface area contributed by atoms with Crippen LogP contribution in [0.25, 0.3) is 0 Å². The Morgan fingerprint density at radius 1 is 1.38 bits per heavy atom. The number of hydrogen-bond donors (Lipinski definition) is 1. The van der Waals surface area contributed by atoms with Crippen LogP contribution in [0.4, 0.5) is 18.9 Å². The lowest BCUT2D eigenvalue weighted by molar-refractivity contribution is -0.215. The number of pyridine rings is 1. The summed E-state index contributed by atoms with van der Waals surface area (Å²) in [6.45, 7) is 1.12. The van der Waals surface area contributed by atoms with E-state index in [0.29, 0.717) is 25.3 Å². The Balaban J connectivity index is 1.46. The fraction of sp³-hybridized carbons (Fsp3) is 0.625. The summed E-state index contributed by atoms with van der Waals surface area (Å²) in [5.41, 5.74) is 2.49. The number of carbonyl (C=O) groups excluding carboxylic acids is 1. The molecule has 1 aromatic heterocycles. The molecule has 132 valence electrons. The van der Waals surface area contributed by atoms with Crippen molar-refractivity contribution in [3.8, 4) is 0 Å². The molecule has 0 spiro atoms. The summed E-state index contributed by atoms with van der Waals surface area (Å²) >= 11 is 0. The maximum absolute atomic E-state index is 12.5. The van der Waals surface area contributed by atoms with E-state index < -0.39 is 18.4 Å². The first-order valence-corrected chi connectivity index (χ1v) is 7.99. The number of aromatic nitrogens is 1. The Labute approximate surface area is 137 Å². The molecule has 3 rings (SSSR count). The van der Waals surface area contributed by atoms with Gasteiger partial charge < -0.3 is 14.8 Å². The van der Waals surface area contributed by atoms with Gasteiger partial charge in [-0.3, -0.25) is 9.78 Å². The normalized spacial score (nSPS) is 23.8. The topological polar surface area (TPSA) is 60.5 Å². The highest BCUT2D eigenvalue weighted by molar-refractivity contribution is 5.90. The average Bonchev–Trinajstić information content (AvgIpc) is 3.02. The standard InChI is InChI=1S/C16H19F3N2O3/c17-16(18,19)14-3-1-12(24-14)2-4-15(22)21-11-7-10-9-23-6-5-13(10)20-8-11/h7-8,12,14H,1-6,9H2,(H,21,22)/t12-,14+/m1/s1. The lowest BCUT2D eigenvalue weighted by atomic mass is 10.1. The summed E-state index contributed by atoms with van der Waals surface area (Å²) in [7, 11) is 0. The number of nitrogens with one attached hydrogen (secondary N) is 1. The van der Waals surface area contributed by atoms with Gasteiger partial charge >= 0.3 is 6.18 Å². The van der Waals surface area contributed by atoms with Crippen LogP contribution >= 0.6 is 0 Å². The molecule has 3 heterocycles. The monoisotopic (exact) mass is 344 g/mol. The van der Waals surface area contributed by atoms with Crippen LogP contribution in [-0.4, -0.2) is 35.9 Å². The van der Waals surface area contributed by atoms with Crippen molar-refractivity contribution in [2.45, 2.75) is 57.1 Å². The van der Waals surface area contributed by atoms with Gasteiger partial charge in [-0.05, 0) is 25.3 Å². The number of rotatable bonds is 4. The molecule has 0 aromatic carbocycles. The SMILES string of the molecule is O=C(CC[C@H]1CC[C@@H](C(F)(F)F)O1)Nc1cnc2c(c1)COCC2. The summed E-state index contributed by atoms with van der Waals surface area (Å²) < 4.78 is 47.9. The molecule has 1 saturated heterocycles. The predicted octanol–water partition coefficient (Wildman–Crippen LogP) is 2.98. The molecule has 1 fully saturated rings. The first-order chi connectivity index (χ1) is 11.4. The zero-order chi connectivity index (χ0) is 17.2. The highest BCUT2D eigenvalue weighted by Crippen LogP contribution is 2.34. The third-order valence-electron chi connectivity index (χ3n) is 4.25. The smallest absolute Gasteiger partial charge is 0.376 e. The number of amides is 1. The van der Waals surface area contributed by atoms with Crippen LogP contribution in [0.5, 0.6) is 0 Å². The average molecular weight is 344 g/mol. The molecule has 0 bridgehead atoms. The lowest BCUT2D eigenvalue weighted by Gasteiger charge is -2.17. The van der Waals surface area contributed by atoms with Crippen molar-refractivity contribution in [2.24, 2.45) is 0 Å². The van der Waals surface area contributed by atoms with E-state index in [4.69, 9.17) is 9.47 Å². The van der Waals surface area contributed by atoms with Crippen molar-refractivity contribution < 1.29 is 27.4 Å². The molecule has 0 aliphatic carbocycles.